The zero-order chi connectivity index (χ0) is 12.8. The summed E-state index contributed by atoms with van der Waals surface area (Å²) < 4.78 is 5.02. The first kappa shape index (κ1) is 14.3. The molecule has 0 radical (unpaired) electrons. The zero-order valence-electron chi connectivity index (χ0n) is 10.6. The van der Waals surface area contributed by atoms with E-state index < -0.39 is 0 Å². The number of methoxy groups -OCH3 is 1. The van der Waals surface area contributed by atoms with E-state index >= 15 is 0 Å². The summed E-state index contributed by atoms with van der Waals surface area (Å²) in [6.45, 7) is 3.72. The summed E-state index contributed by atoms with van der Waals surface area (Å²) in [5.41, 5.74) is 0.859. The van der Waals surface area contributed by atoms with Crippen molar-refractivity contribution in [3.8, 4) is 5.75 Å². The van der Waals surface area contributed by atoms with Crippen molar-refractivity contribution in [3.63, 3.8) is 0 Å². The highest BCUT2D eigenvalue weighted by Gasteiger charge is 2.15. The highest BCUT2D eigenvalue weighted by atomic mass is 35.5. The number of phenolic OH excluding ortho intramolecular Hbond substituents is 1. The maximum Gasteiger partial charge on any atom is 0.120 e. The fraction of sp³-hybridized carbons (Fsp3) is 0.538. The number of nitrogens with zero attached hydrogens (tertiary/aromatic N) is 1. The Kier molecular flexibility index (Phi) is 5.75. The van der Waals surface area contributed by atoms with Crippen LogP contribution < -0.4 is 0 Å². The molecule has 96 valence electrons. The van der Waals surface area contributed by atoms with Crippen molar-refractivity contribution in [1.82, 2.24) is 4.90 Å². The molecule has 1 unspecified atom stereocenters. The molecular weight excluding hydrogens is 238 g/mol. The van der Waals surface area contributed by atoms with E-state index in [0.717, 1.165) is 25.1 Å². The van der Waals surface area contributed by atoms with Crippen molar-refractivity contribution in [3.05, 3.63) is 28.8 Å². The highest BCUT2D eigenvalue weighted by Crippen LogP contribution is 2.30. The highest BCUT2D eigenvalue weighted by molar-refractivity contribution is 6.30. The second kappa shape index (κ2) is 6.84. The number of rotatable bonds is 6. The molecule has 0 aliphatic rings. The average Bonchev–Trinajstić information content (AvgIpc) is 2.31. The van der Waals surface area contributed by atoms with Gasteiger partial charge in [0.2, 0.25) is 0 Å². The minimum Gasteiger partial charge on any atom is -0.508 e. The summed E-state index contributed by atoms with van der Waals surface area (Å²) in [7, 11) is 3.73. The summed E-state index contributed by atoms with van der Waals surface area (Å²) >= 11 is 5.94. The molecule has 0 heterocycles. The van der Waals surface area contributed by atoms with Crippen LogP contribution in [0.3, 0.4) is 0 Å². The molecule has 0 amide bonds. The smallest absolute Gasteiger partial charge is 0.120 e. The first-order valence-electron chi connectivity index (χ1n) is 5.74. The maximum atomic E-state index is 9.82. The molecule has 1 rings (SSSR count). The van der Waals surface area contributed by atoms with Crippen molar-refractivity contribution in [2.24, 2.45) is 0 Å². The number of ether oxygens (including phenoxy) is 1. The van der Waals surface area contributed by atoms with Crippen molar-refractivity contribution in [2.75, 3.05) is 27.3 Å². The van der Waals surface area contributed by atoms with Crippen LogP contribution in [0.4, 0.5) is 0 Å². The van der Waals surface area contributed by atoms with Crippen LogP contribution in [0.25, 0.3) is 0 Å². The van der Waals surface area contributed by atoms with Gasteiger partial charge in [-0.1, -0.05) is 11.6 Å². The van der Waals surface area contributed by atoms with E-state index in [2.05, 4.69) is 11.8 Å². The first-order valence-corrected chi connectivity index (χ1v) is 6.11. The lowest BCUT2D eigenvalue weighted by atomic mass is 10.1. The van der Waals surface area contributed by atoms with Crippen LogP contribution in [-0.2, 0) is 4.74 Å². The lowest BCUT2D eigenvalue weighted by Crippen LogP contribution is -2.24. The molecule has 4 heteroatoms. The van der Waals surface area contributed by atoms with Gasteiger partial charge in [0, 0.05) is 36.9 Å². The third kappa shape index (κ3) is 4.19. The number of hydrogen-bond acceptors (Lipinski definition) is 3. The fourth-order valence-electron chi connectivity index (χ4n) is 1.75. The quantitative estimate of drug-likeness (QED) is 0.795. The largest absolute Gasteiger partial charge is 0.508 e. The van der Waals surface area contributed by atoms with E-state index in [1.165, 1.54) is 0 Å². The van der Waals surface area contributed by atoms with Gasteiger partial charge in [0.1, 0.15) is 5.75 Å². The van der Waals surface area contributed by atoms with E-state index in [0.29, 0.717) is 10.8 Å². The zero-order valence-corrected chi connectivity index (χ0v) is 11.4. The Hall–Kier alpha value is -0.770. The molecule has 3 nitrogen and oxygen atoms in total. The molecule has 0 aromatic heterocycles. The van der Waals surface area contributed by atoms with E-state index in [9.17, 15) is 5.11 Å². The molecule has 1 N–H and O–H groups in total. The third-order valence-corrected chi connectivity index (χ3v) is 3.20. The van der Waals surface area contributed by atoms with Gasteiger partial charge in [0.15, 0.2) is 0 Å². The lowest BCUT2D eigenvalue weighted by Gasteiger charge is -2.25. The van der Waals surface area contributed by atoms with Crippen LogP contribution in [0.5, 0.6) is 5.75 Å². The molecule has 1 atom stereocenters. The van der Waals surface area contributed by atoms with Crippen LogP contribution in [0.1, 0.15) is 24.9 Å². The van der Waals surface area contributed by atoms with Gasteiger partial charge in [-0.3, -0.25) is 4.90 Å². The summed E-state index contributed by atoms with van der Waals surface area (Å²) in [4.78, 5) is 2.17. The molecule has 0 aliphatic carbocycles. The summed E-state index contributed by atoms with van der Waals surface area (Å²) in [6.07, 6.45) is 0.971. The average molecular weight is 258 g/mol. The molecule has 1 aromatic carbocycles. The summed E-state index contributed by atoms with van der Waals surface area (Å²) in [6, 6.07) is 5.27. The third-order valence-electron chi connectivity index (χ3n) is 2.96. The molecule has 0 aliphatic heterocycles. The van der Waals surface area contributed by atoms with Crippen LogP contribution in [0.2, 0.25) is 5.02 Å². The number of benzene rings is 1. The Morgan fingerprint density at radius 2 is 2.18 bits per heavy atom. The first-order chi connectivity index (χ1) is 8.06. The second-order valence-corrected chi connectivity index (χ2v) is 4.64. The topological polar surface area (TPSA) is 32.7 Å². The number of halogens is 1. The van der Waals surface area contributed by atoms with E-state index in [4.69, 9.17) is 16.3 Å². The van der Waals surface area contributed by atoms with Crippen molar-refractivity contribution >= 4 is 11.6 Å². The Bertz CT molecular complexity index is 357. The fourth-order valence-corrected chi connectivity index (χ4v) is 1.93. The van der Waals surface area contributed by atoms with Crippen LogP contribution in [0, 0.1) is 0 Å². The van der Waals surface area contributed by atoms with Crippen LogP contribution >= 0.6 is 11.6 Å². The molecule has 17 heavy (non-hydrogen) atoms. The molecule has 0 fully saturated rings. The Balaban J connectivity index is 2.67. The number of phenols is 1. The van der Waals surface area contributed by atoms with Crippen molar-refractivity contribution in [2.45, 2.75) is 19.4 Å². The number of aromatic hydroxyl groups is 1. The van der Waals surface area contributed by atoms with Crippen molar-refractivity contribution < 1.29 is 9.84 Å². The molecule has 0 bridgehead atoms. The molecule has 0 saturated heterocycles. The van der Waals surface area contributed by atoms with E-state index in [1.54, 1.807) is 19.2 Å². The van der Waals surface area contributed by atoms with Gasteiger partial charge in [0.25, 0.3) is 0 Å². The Morgan fingerprint density at radius 3 is 2.82 bits per heavy atom. The Morgan fingerprint density at radius 1 is 1.47 bits per heavy atom. The summed E-state index contributed by atoms with van der Waals surface area (Å²) in [5.74, 6) is 0.292. The van der Waals surface area contributed by atoms with Gasteiger partial charge in [0.05, 0.1) is 0 Å². The van der Waals surface area contributed by atoms with Gasteiger partial charge in [-0.15, -0.1) is 0 Å². The molecule has 0 spiro atoms. The minimum atomic E-state index is 0.130. The molecule has 0 saturated carbocycles. The van der Waals surface area contributed by atoms with Crippen LogP contribution in [0.15, 0.2) is 18.2 Å². The Labute approximate surface area is 108 Å². The second-order valence-electron chi connectivity index (χ2n) is 4.21. The van der Waals surface area contributed by atoms with Gasteiger partial charge in [-0.25, -0.2) is 0 Å². The molecule has 1 aromatic rings. The van der Waals surface area contributed by atoms with Gasteiger partial charge < -0.3 is 9.84 Å². The number of hydrogen-bond donors (Lipinski definition) is 1. The maximum absolute atomic E-state index is 9.82. The predicted octanol–water partition coefficient (Wildman–Crippen LogP) is 3.07. The standard InChI is InChI=1S/C13H20ClNO2/c1-10(15(2)7-4-8-17-3)12-9-11(14)5-6-13(12)16/h5-6,9-10,16H,4,7-8H2,1-3H3. The normalized spacial score (nSPS) is 13.0. The van der Waals surface area contributed by atoms with Crippen molar-refractivity contribution in [1.29, 1.82) is 0 Å². The SMILES string of the molecule is COCCCN(C)C(C)c1cc(Cl)ccc1O. The van der Waals surface area contributed by atoms with E-state index in [1.807, 2.05) is 13.1 Å². The van der Waals surface area contributed by atoms with Gasteiger partial charge in [-0.05, 0) is 38.6 Å². The molecular formula is C13H20ClNO2. The van der Waals surface area contributed by atoms with E-state index in [-0.39, 0.29) is 6.04 Å². The van der Waals surface area contributed by atoms with Crippen LogP contribution in [-0.4, -0.2) is 37.3 Å². The minimum absolute atomic E-state index is 0.130. The predicted molar refractivity (Wildman–Crippen MR) is 70.7 cm³/mol. The van der Waals surface area contributed by atoms with Gasteiger partial charge >= 0.3 is 0 Å². The monoisotopic (exact) mass is 257 g/mol. The lowest BCUT2D eigenvalue weighted by molar-refractivity contribution is 0.168. The summed E-state index contributed by atoms with van der Waals surface area (Å²) in [5, 5.41) is 10.5. The van der Waals surface area contributed by atoms with Gasteiger partial charge in [-0.2, -0.15) is 0 Å².